The average molecular weight is 368 g/mol. The second-order valence-electron chi connectivity index (χ2n) is 6.95. The van der Waals surface area contributed by atoms with Crippen LogP contribution in [0.15, 0.2) is 42.5 Å². The summed E-state index contributed by atoms with van der Waals surface area (Å²) in [5.41, 5.74) is 3.96. The van der Waals surface area contributed by atoms with Gasteiger partial charge in [-0.05, 0) is 70.7 Å². The van der Waals surface area contributed by atoms with Gasteiger partial charge in [0.05, 0.1) is 10.2 Å². The Hall–Kier alpha value is -2.24. The van der Waals surface area contributed by atoms with Crippen LogP contribution in [0.4, 0.5) is 5.13 Å². The Morgan fingerprint density at radius 3 is 2.54 bits per heavy atom. The van der Waals surface area contributed by atoms with Gasteiger partial charge in [0, 0.05) is 12.1 Å². The normalized spacial score (nSPS) is 11.3. The number of aryl methyl sites for hydroxylation is 2. The second kappa shape index (κ2) is 7.98. The summed E-state index contributed by atoms with van der Waals surface area (Å²) in [6.07, 6.45) is 0.902. The van der Waals surface area contributed by atoms with Crippen molar-refractivity contribution in [3.63, 3.8) is 0 Å². The predicted octanol–water partition coefficient (Wildman–Crippen LogP) is 4.51. The van der Waals surface area contributed by atoms with Gasteiger partial charge in [-0.15, -0.1) is 0 Å². The number of hydrogen-bond acceptors (Lipinski definition) is 4. The smallest absolute Gasteiger partial charge is 0.260 e. The van der Waals surface area contributed by atoms with E-state index in [2.05, 4.69) is 24.0 Å². The van der Waals surface area contributed by atoms with E-state index in [9.17, 15) is 4.79 Å². The minimum Gasteiger partial charge on any atom is -0.309 e. The molecule has 26 heavy (non-hydrogen) atoms. The minimum atomic E-state index is 0.0169. The molecule has 0 fully saturated rings. The van der Waals surface area contributed by atoms with Crippen molar-refractivity contribution >= 4 is 32.6 Å². The molecule has 0 aliphatic carbocycles. The zero-order chi connectivity index (χ0) is 18.7. The van der Waals surface area contributed by atoms with Crippen LogP contribution in [0.2, 0.25) is 0 Å². The monoisotopic (exact) mass is 367 g/mol. The van der Waals surface area contributed by atoms with Crippen molar-refractivity contribution in [1.82, 2.24) is 9.88 Å². The van der Waals surface area contributed by atoms with E-state index in [0.29, 0.717) is 12.1 Å². The number of benzene rings is 2. The molecule has 0 aliphatic heterocycles. The van der Waals surface area contributed by atoms with E-state index in [1.165, 1.54) is 5.56 Å². The molecular formula is C21H25N3OS. The molecule has 0 unspecified atom stereocenters. The van der Waals surface area contributed by atoms with E-state index in [1.807, 2.05) is 56.3 Å². The van der Waals surface area contributed by atoms with Crippen LogP contribution in [0.5, 0.6) is 0 Å². The van der Waals surface area contributed by atoms with E-state index in [4.69, 9.17) is 4.98 Å². The molecule has 0 aliphatic rings. The first-order chi connectivity index (χ1) is 12.4. The fourth-order valence-corrected chi connectivity index (χ4v) is 3.99. The molecule has 136 valence electrons. The number of anilines is 1. The number of carbonyl (C=O) groups is 1. The van der Waals surface area contributed by atoms with E-state index in [0.717, 1.165) is 33.9 Å². The van der Waals surface area contributed by atoms with Crippen molar-refractivity contribution in [3.05, 3.63) is 59.2 Å². The Labute approximate surface area is 159 Å². The average Bonchev–Trinajstić information content (AvgIpc) is 3.00. The maximum Gasteiger partial charge on any atom is 0.260 e. The summed E-state index contributed by atoms with van der Waals surface area (Å²) in [6, 6.07) is 14.0. The number of amides is 1. The molecule has 0 saturated carbocycles. The summed E-state index contributed by atoms with van der Waals surface area (Å²) in [6.45, 7) is 5.67. The van der Waals surface area contributed by atoms with Gasteiger partial charge in [-0.3, -0.25) is 9.69 Å². The maximum absolute atomic E-state index is 13.2. The molecule has 1 heterocycles. The topological polar surface area (TPSA) is 36.4 Å². The molecule has 0 saturated heterocycles. The minimum absolute atomic E-state index is 0.0169. The third-order valence-electron chi connectivity index (χ3n) is 4.26. The lowest BCUT2D eigenvalue weighted by molar-refractivity contribution is 0.0986. The first-order valence-corrected chi connectivity index (χ1v) is 9.66. The van der Waals surface area contributed by atoms with Crippen LogP contribution in [0.3, 0.4) is 0 Å². The van der Waals surface area contributed by atoms with Crippen LogP contribution in [0.1, 0.15) is 27.9 Å². The predicted molar refractivity (Wildman–Crippen MR) is 110 cm³/mol. The van der Waals surface area contributed by atoms with Gasteiger partial charge in [-0.2, -0.15) is 0 Å². The number of rotatable bonds is 6. The number of carbonyl (C=O) groups excluding carboxylic acids is 1. The lowest BCUT2D eigenvalue weighted by atomic mass is 10.1. The fourth-order valence-electron chi connectivity index (χ4n) is 2.90. The van der Waals surface area contributed by atoms with Crippen molar-refractivity contribution in [1.29, 1.82) is 0 Å². The molecule has 2 aromatic carbocycles. The summed E-state index contributed by atoms with van der Waals surface area (Å²) in [5, 5.41) is 0.774. The van der Waals surface area contributed by atoms with Gasteiger partial charge in [-0.25, -0.2) is 4.98 Å². The lowest BCUT2D eigenvalue weighted by Gasteiger charge is -2.21. The SMILES string of the molecule is Cc1cccc(C(=O)N(CCCN(C)C)c2nc3ccc(C)cc3s2)c1. The molecule has 1 amide bonds. The highest BCUT2D eigenvalue weighted by Gasteiger charge is 2.21. The Bertz CT molecular complexity index is 917. The van der Waals surface area contributed by atoms with Gasteiger partial charge in [0.1, 0.15) is 0 Å². The summed E-state index contributed by atoms with van der Waals surface area (Å²) in [4.78, 5) is 21.9. The Balaban J connectivity index is 1.94. The van der Waals surface area contributed by atoms with Crippen LogP contribution in [0.25, 0.3) is 10.2 Å². The molecule has 0 spiro atoms. The summed E-state index contributed by atoms with van der Waals surface area (Å²) >= 11 is 1.59. The first kappa shape index (κ1) is 18.5. The molecule has 0 N–H and O–H groups in total. The summed E-state index contributed by atoms with van der Waals surface area (Å²) in [7, 11) is 4.10. The quantitative estimate of drug-likeness (QED) is 0.643. The number of aromatic nitrogens is 1. The largest absolute Gasteiger partial charge is 0.309 e. The molecule has 0 radical (unpaired) electrons. The van der Waals surface area contributed by atoms with E-state index in [-0.39, 0.29) is 5.91 Å². The van der Waals surface area contributed by atoms with Gasteiger partial charge in [0.2, 0.25) is 0 Å². The molecule has 4 nitrogen and oxygen atoms in total. The van der Waals surface area contributed by atoms with Crippen molar-refractivity contribution in [2.75, 3.05) is 32.1 Å². The molecule has 3 aromatic rings. The first-order valence-electron chi connectivity index (χ1n) is 8.84. The standard InChI is InChI=1S/C21H25N3OS/c1-15-7-5-8-17(13-15)20(25)24(12-6-11-23(3)4)21-22-18-10-9-16(2)14-19(18)26-21/h5,7-10,13-14H,6,11-12H2,1-4H3. The maximum atomic E-state index is 13.2. The molecule has 1 aromatic heterocycles. The van der Waals surface area contributed by atoms with Gasteiger partial charge < -0.3 is 4.90 Å². The highest BCUT2D eigenvalue weighted by Crippen LogP contribution is 2.30. The van der Waals surface area contributed by atoms with Gasteiger partial charge >= 0.3 is 0 Å². The van der Waals surface area contributed by atoms with Crippen LogP contribution < -0.4 is 4.90 Å². The molecule has 3 rings (SSSR count). The van der Waals surface area contributed by atoms with Crippen molar-refractivity contribution in [3.8, 4) is 0 Å². The summed E-state index contributed by atoms with van der Waals surface area (Å²) < 4.78 is 1.12. The number of nitrogens with zero attached hydrogens (tertiary/aromatic N) is 3. The molecule has 0 bridgehead atoms. The van der Waals surface area contributed by atoms with Crippen LogP contribution >= 0.6 is 11.3 Å². The van der Waals surface area contributed by atoms with Gasteiger partial charge in [0.25, 0.3) is 5.91 Å². The summed E-state index contributed by atoms with van der Waals surface area (Å²) in [5.74, 6) is 0.0169. The molecule has 5 heteroatoms. The van der Waals surface area contributed by atoms with Gasteiger partial charge in [0.15, 0.2) is 5.13 Å². The fraction of sp³-hybridized carbons (Fsp3) is 0.333. The highest BCUT2D eigenvalue weighted by atomic mass is 32.1. The van der Waals surface area contributed by atoms with Crippen LogP contribution in [-0.2, 0) is 0 Å². The number of fused-ring (bicyclic) bond motifs is 1. The lowest BCUT2D eigenvalue weighted by Crippen LogP contribution is -2.33. The Morgan fingerprint density at radius 1 is 1.04 bits per heavy atom. The van der Waals surface area contributed by atoms with Crippen molar-refractivity contribution < 1.29 is 4.79 Å². The number of hydrogen-bond donors (Lipinski definition) is 0. The third-order valence-corrected chi connectivity index (χ3v) is 5.30. The zero-order valence-electron chi connectivity index (χ0n) is 15.8. The Morgan fingerprint density at radius 2 is 1.81 bits per heavy atom. The van der Waals surface area contributed by atoms with E-state index < -0.39 is 0 Å². The van der Waals surface area contributed by atoms with Gasteiger partial charge in [-0.1, -0.05) is 35.1 Å². The van der Waals surface area contributed by atoms with E-state index >= 15 is 0 Å². The zero-order valence-corrected chi connectivity index (χ0v) is 16.6. The van der Waals surface area contributed by atoms with Crippen LogP contribution in [-0.4, -0.2) is 43.0 Å². The van der Waals surface area contributed by atoms with E-state index in [1.54, 1.807) is 11.3 Å². The number of thiazole rings is 1. The van der Waals surface area contributed by atoms with Crippen molar-refractivity contribution in [2.24, 2.45) is 0 Å². The Kier molecular flexibility index (Phi) is 5.69. The van der Waals surface area contributed by atoms with Crippen molar-refractivity contribution in [2.45, 2.75) is 20.3 Å². The third kappa shape index (κ3) is 4.29. The molecular weight excluding hydrogens is 342 g/mol. The second-order valence-corrected chi connectivity index (χ2v) is 7.96. The highest BCUT2D eigenvalue weighted by molar-refractivity contribution is 7.22. The molecule has 0 atom stereocenters. The van der Waals surface area contributed by atoms with Crippen LogP contribution in [0, 0.1) is 13.8 Å².